The lowest BCUT2D eigenvalue weighted by molar-refractivity contribution is -0.121. The molecule has 2 aromatic carbocycles. The molecule has 0 bridgehead atoms. The number of H-pyrrole nitrogens is 1. The zero-order valence-electron chi connectivity index (χ0n) is 14.5. The van der Waals surface area contributed by atoms with Crippen LogP contribution in [0.5, 0.6) is 11.5 Å². The molecular weight excluding hydrogens is 328 g/mol. The van der Waals surface area contributed by atoms with E-state index in [1.807, 2.05) is 48.7 Å². The molecule has 1 aromatic heterocycles. The van der Waals surface area contributed by atoms with Crippen LogP contribution in [-0.4, -0.2) is 30.1 Å². The summed E-state index contributed by atoms with van der Waals surface area (Å²) in [4.78, 5) is 15.4. The fourth-order valence-corrected chi connectivity index (χ4v) is 3.25. The number of nitrogens with one attached hydrogen (secondary N) is 2. The Kier molecular flexibility index (Phi) is 4.78. The Morgan fingerprint density at radius 2 is 1.92 bits per heavy atom. The van der Waals surface area contributed by atoms with Gasteiger partial charge in [-0.3, -0.25) is 4.79 Å². The summed E-state index contributed by atoms with van der Waals surface area (Å²) in [6.07, 6.45) is 3.90. The SMILES string of the molecule is O=C(CCc1c[nH]c2ccccc12)NCCC1COc2ccccc2O1. The van der Waals surface area contributed by atoms with E-state index in [0.717, 1.165) is 29.9 Å². The molecule has 1 unspecified atom stereocenters. The van der Waals surface area contributed by atoms with Gasteiger partial charge >= 0.3 is 0 Å². The third kappa shape index (κ3) is 3.67. The van der Waals surface area contributed by atoms with E-state index >= 15 is 0 Å². The van der Waals surface area contributed by atoms with Gasteiger partial charge in [0.2, 0.25) is 5.91 Å². The first-order valence-electron chi connectivity index (χ1n) is 9.00. The predicted molar refractivity (Wildman–Crippen MR) is 101 cm³/mol. The van der Waals surface area contributed by atoms with E-state index in [9.17, 15) is 4.79 Å². The maximum atomic E-state index is 12.1. The number of carbonyl (C=O) groups excluding carboxylic acids is 1. The van der Waals surface area contributed by atoms with Crippen molar-refractivity contribution in [3.63, 3.8) is 0 Å². The first-order valence-corrected chi connectivity index (χ1v) is 9.00. The van der Waals surface area contributed by atoms with Gasteiger partial charge in [0.1, 0.15) is 12.7 Å². The molecule has 5 nitrogen and oxygen atoms in total. The van der Waals surface area contributed by atoms with Crippen LogP contribution in [0.25, 0.3) is 10.9 Å². The molecule has 5 heteroatoms. The standard InChI is InChI=1S/C21H22N2O3/c24-21(10-9-15-13-23-18-6-2-1-5-17(15)18)22-12-11-16-14-25-19-7-3-4-8-20(19)26-16/h1-8,13,16,23H,9-12,14H2,(H,22,24). The summed E-state index contributed by atoms with van der Waals surface area (Å²) in [6, 6.07) is 15.8. The summed E-state index contributed by atoms with van der Waals surface area (Å²) < 4.78 is 11.6. The highest BCUT2D eigenvalue weighted by Gasteiger charge is 2.20. The van der Waals surface area contributed by atoms with Gasteiger partial charge in [-0.05, 0) is 30.2 Å². The first kappa shape index (κ1) is 16.5. The van der Waals surface area contributed by atoms with Crippen LogP contribution < -0.4 is 14.8 Å². The summed E-state index contributed by atoms with van der Waals surface area (Å²) in [6.45, 7) is 1.10. The third-order valence-corrected chi connectivity index (χ3v) is 4.65. The molecule has 2 heterocycles. The first-order chi connectivity index (χ1) is 12.8. The van der Waals surface area contributed by atoms with E-state index in [4.69, 9.17) is 9.47 Å². The van der Waals surface area contributed by atoms with Crippen LogP contribution in [0.4, 0.5) is 0 Å². The Balaban J connectivity index is 1.21. The Hall–Kier alpha value is -2.95. The minimum atomic E-state index is -0.0289. The monoisotopic (exact) mass is 350 g/mol. The van der Waals surface area contributed by atoms with Crippen LogP contribution in [-0.2, 0) is 11.2 Å². The second-order valence-electron chi connectivity index (χ2n) is 6.50. The molecule has 2 N–H and O–H groups in total. The number of amides is 1. The number of aromatic amines is 1. The van der Waals surface area contributed by atoms with Crippen molar-refractivity contribution >= 4 is 16.8 Å². The number of fused-ring (bicyclic) bond motifs is 2. The highest BCUT2D eigenvalue weighted by Crippen LogP contribution is 2.31. The summed E-state index contributed by atoms with van der Waals surface area (Å²) in [5.74, 6) is 1.62. The van der Waals surface area contributed by atoms with Crippen LogP contribution in [0.2, 0.25) is 0 Å². The molecule has 4 rings (SSSR count). The van der Waals surface area contributed by atoms with Gasteiger partial charge in [-0.2, -0.15) is 0 Å². The fourth-order valence-electron chi connectivity index (χ4n) is 3.25. The van der Waals surface area contributed by atoms with Gasteiger partial charge in [0, 0.05) is 36.5 Å². The zero-order valence-corrected chi connectivity index (χ0v) is 14.5. The van der Waals surface area contributed by atoms with Crippen molar-refractivity contribution in [1.82, 2.24) is 10.3 Å². The van der Waals surface area contributed by atoms with Gasteiger partial charge in [-0.25, -0.2) is 0 Å². The van der Waals surface area contributed by atoms with Crippen molar-refractivity contribution in [3.8, 4) is 11.5 Å². The molecule has 26 heavy (non-hydrogen) atoms. The fraction of sp³-hybridized carbons (Fsp3) is 0.286. The summed E-state index contributed by atoms with van der Waals surface area (Å²) in [5, 5.41) is 4.17. The number of para-hydroxylation sites is 3. The smallest absolute Gasteiger partial charge is 0.220 e. The van der Waals surface area contributed by atoms with E-state index in [-0.39, 0.29) is 12.0 Å². The molecule has 0 saturated heterocycles. The molecule has 1 aliphatic rings. The van der Waals surface area contributed by atoms with E-state index in [1.54, 1.807) is 0 Å². The molecular formula is C21H22N2O3. The van der Waals surface area contributed by atoms with Crippen molar-refractivity contribution in [2.45, 2.75) is 25.4 Å². The zero-order chi connectivity index (χ0) is 17.8. The van der Waals surface area contributed by atoms with Gasteiger partial charge in [0.05, 0.1) is 0 Å². The summed E-state index contributed by atoms with van der Waals surface area (Å²) >= 11 is 0. The number of aromatic nitrogens is 1. The maximum absolute atomic E-state index is 12.1. The Morgan fingerprint density at radius 3 is 2.85 bits per heavy atom. The van der Waals surface area contributed by atoms with Crippen molar-refractivity contribution < 1.29 is 14.3 Å². The number of hydrogen-bond acceptors (Lipinski definition) is 3. The van der Waals surface area contributed by atoms with E-state index in [0.29, 0.717) is 19.6 Å². The third-order valence-electron chi connectivity index (χ3n) is 4.65. The summed E-state index contributed by atoms with van der Waals surface area (Å²) in [5.41, 5.74) is 2.29. The molecule has 0 spiro atoms. The Morgan fingerprint density at radius 1 is 1.12 bits per heavy atom. The van der Waals surface area contributed by atoms with Gasteiger partial charge in [-0.15, -0.1) is 0 Å². The predicted octanol–water partition coefficient (Wildman–Crippen LogP) is 3.45. The van der Waals surface area contributed by atoms with Crippen molar-refractivity contribution in [2.75, 3.05) is 13.2 Å². The minimum Gasteiger partial charge on any atom is -0.486 e. The van der Waals surface area contributed by atoms with E-state index in [2.05, 4.69) is 16.4 Å². The number of rotatable bonds is 6. The molecule has 0 fully saturated rings. The van der Waals surface area contributed by atoms with Gasteiger partial charge in [0.25, 0.3) is 0 Å². The van der Waals surface area contributed by atoms with Crippen molar-refractivity contribution in [3.05, 3.63) is 60.3 Å². The van der Waals surface area contributed by atoms with E-state index in [1.165, 1.54) is 10.9 Å². The van der Waals surface area contributed by atoms with Crippen LogP contribution in [0, 0.1) is 0 Å². The van der Waals surface area contributed by atoms with Gasteiger partial charge in [0.15, 0.2) is 11.5 Å². The number of carbonyl (C=O) groups is 1. The number of hydrogen-bond donors (Lipinski definition) is 2. The second-order valence-corrected chi connectivity index (χ2v) is 6.50. The largest absolute Gasteiger partial charge is 0.486 e. The lowest BCUT2D eigenvalue weighted by atomic mass is 10.1. The Bertz CT molecular complexity index is 903. The molecule has 1 atom stereocenters. The quantitative estimate of drug-likeness (QED) is 0.716. The Labute approximate surface area is 152 Å². The number of aryl methyl sites for hydroxylation is 1. The number of benzene rings is 2. The molecule has 0 saturated carbocycles. The van der Waals surface area contributed by atoms with Crippen LogP contribution in [0.3, 0.4) is 0 Å². The normalized spacial score (nSPS) is 15.8. The van der Waals surface area contributed by atoms with Gasteiger partial charge in [-0.1, -0.05) is 30.3 Å². The van der Waals surface area contributed by atoms with Crippen LogP contribution in [0.15, 0.2) is 54.7 Å². The highest BCUT2D eigenvalue weighted by molar-refractivity contribution is 5.84. The molecule has 1 amide bonds. The van der Waals surface area contributed by atoms with Gasteiger partial charge < -0.3 is 19.8 Å². The topological polar surface area (TPSA) is 63.4 Å². The average Bonchev–Trinajstić information content (AvgIpc) is 3.09. The van der Waals surface area contributed by atoms with Crippen LogP contribution >= 0.6 is 0 Å². The van der Waals surface area contributed by atoms with Crippen LogP contribution in [0.1, 0.15) is 18.4 Å². The maximum Gasteiger partial charge on any atom is 0.220 e. The summed E-state index contributed by atoms with van der Waals surface area (Å²) in [7, 11) is 0. The molecule has 1 aliphatic heterocycles. The highest BCUT2D eigenvalue weighted by atomic mass is 16.6. The minimum absolute atomic E-state index is 0.0289. The molecule has 0 aliphatic carbocycles. The second kappa shape index (κ2) is 7.52. The number of ether oxygens (including phenoxy) is 2. The molecule has 134 valence electrons. The van der Waals surface area contributed by atoms with Crippen molar-refractivity contribution in [1.29, 1.82) is 0 Å². The lowest BCUT2D eigenvalue weighted by Crippen LogP contribution is -2.34. The van der Waals surface area contributed by atoms with Crippen molar-refractivity contribution in [2.24, 2.45) is 0 Å². The lowest BCUT2D eigenvalue weighted by Gasteiger charge is -2.26. The molecule has 3 aromatic rings. The van der Waals surface area contributed by atoms with E-state index < -0.39 is 0 Å². The molecule has 0 radical (unpaired) electrons. The average molecular weight is 350 g/mol.